The van der Waals surface area contributed by atoms with Gasteiger partial charge in [-0.2, -0.15) is 0 Å². The van der Waals surface area contributed by atoms with Crippen LogP contribution in [-0.2, 0) is 40.3 Å². The summed E-state index contributed by atoms with van der Waals surface area (Å²) in [7, 11) is 0. The molecule has 0 fully saturated rings. The summed E-state index contributed by atoms with van der Waals surface area (Å²) in [4.78, 5) is 0. The maximum atomic E-state index is 9.58. The van der Waals surface area contributed by atoms with Crippen LogP contribution in [-0.4, -0.2) is 0 Å². The van der Waals surface area contributed by atoms with E-state index in [9.17, 15) is 13.2 Å². The van der Waals surface area contributed by atoms with Crippen molar-refractivity contribution in [2.45, 2.75) is 0 Å². The van der Waals surface area contributed by atoms with Crippen LogP contribution in [0.5, 0.6) is 0 Å². The molecule has 0 aliphatic heterocycles. The molecular weight excluding hydrogens is 264 g/mol. The first-order valence-corrected chi connectivity index (χ1v) is 1.59. The Morgan fingerprint density at radius 2 is 0.533 bits per heavy atom. The van der Waals surface area contributed by atoms with Gasteiger partial charge in [0.15, 0.2) is 6.68 Å². The minimum atomic E-state index is -3.08. The van der Waals surface area contributed by atoms with E-state index in [0.29, 0.717) is 0 Å². The number of hydrogen-bond donors (Lipinski definition) is 0. The van der Waals surface area contributed by atoms with Crippen molar-refractivity contribution in [3.8, 4) is 0 Å². The van der Waals surface area contributed by atoms with E-state index in [1.54, 1.807) is 0 Å². The molecule has 0 amide bonds. The minimum absolute atomic E-state index is 0. The van der Waals surface area contributed by atoms with Crippen molar-refractivity contribution in [2.75, 3.05) is 0 Å². The third-order valence-corrected chi connectivity index (χ3v) is 0. The predicted octanol–water partition coefficient (Wildman–Crippen LogP) is 1.15. The Labute approximate surface area is 94.1 Å². The molecule has 0 aliphatic carbocycles. The standard InChI is InChI=1S/CF3.5CO.Mn/c2-1(3)4;5*1-2;/q-1;;;;;;. The normalized spacial score (nSPS) is 3.07. The van der Waals surface area contributed by atoms with E-state index in [4.69, 9.17) is 23.3 Å². The van der Waals surface area contributed by atoms with E-state index in [1.807, 2.05) is 0 Å². The largest absolute Gasteiger partial charge is 0 e. The third kappa shape index (κ3) is 1610. The first kappa shape index (κ1) is 48.3. The summed E-state index contributed by atoms with van der Waals surface area (Å²) >= 11 is 0. The molecule has 0 heterocycles. The molecule has 1 radical (unpaired) electrons. The number of halogens is 3. The monoisotopic (exact) mass is 264 g/mol. The molecule has 9 heteroatoms. The summed E-state index contributed by atoms with van der Waals surface area (Å²) < 4.78 is 66.2. The van der Waals surface area contributed by atoms with Crippen LogP contribution in [0.4, 0.5) is 13.2 Å². The molecule has 0 aromatic carbocycles. The van der Waals surface area contributed by atoms with E-state index in [-0.39, 0.29) is 17.1 Å². The van der Waals surface area contributed by atoms with E-state index in [2.05, 4.69) is 33.3 Å². The van der Waals surface area contributed by atoms with Gasteiger partial charge in [0.05, 0.1) is 0 Å². The van der Waals surface area contributed by atoms with Crippen molar-refractivity contribution in [2.24, 2.45) is 0 Å². The van der Waals surface area contributed by atoms with Gasteiger partial charge < -0.3 is 13.2 Å². The molecule has 0 unspecified atom stereocenters. The first-order valence-electron chi connectivity index (χ1n) is 1.59. The Hall–Kier alpha value is -0.991. The first-order chi connectivity index (χ1) is 6.73. The molecule has 0 saturated heterocycles. The SMILES string of the molecule is F[C-](F)F.[C-]#[O+].[C-]#[O+].[C-]#[O+].[C-]#[O+].[C-]#[O+].[Mn]. The van der Waals surface area contributed by atoms with E-state index < -0.39 is 6.68 Å². The molecular formula is C6F3MnO5-. The van der Waals surface area contributed by atoms with Crippen molar-refractivity contribution in [1.82, 2.24) is 0 Å². The van der Waals surface area contributed by atoms with Gasteiger partial charge in [-0.15, -0.1) is 0 Å². The molecule has 0 aromatic rings. The fourth-order valence-electron chi connectivity index (χ4n) is 0. The molecule has 15 heavy (non-hydrogen) atoms. The Balaban J connectivity index is -0.0000000105. The maximum Gasteiger partial charge on any atom is 0 e. The topological polar surface area (TPSA) is 99.5 Å². The van der Waals surface area contributed by atoms with Crippen LogP contribution in [0.2, 0.25) is 0 Å². The van der Waals surface area contributed by atoms with Crippen LogP contribution in [0, 0.1) is 39.9 Å². The number of rotatable bonds is 0. The van der Waals surface area contributed by atoms with Gasteiger partial charge in [0.25, 0.3) is 0 Å². The molecule has 0 bridgehead atoms. The van der Waals surface area contributed by atoms with Gasteiger partial charge in [-0.1, -0.05) is 0 Å². The van der Waals surface area contributed by atoms with Crippen molar-refractivity contribution in [3.63, 3.8) is 0 Å². The van der Waals surface area contributed by atoms with Crippen molar-refractivity contribution >= 4 is 0 Å². The summed E-state index contributed by atoms with van der Waals surface area (Å²) in [5.74, 6) is 0. The Kier molecular flexibility index (Phi) is 1490. The van der Waals surface area contributed by atoms with Crippen LogP contribution < -0.4 is 0 Å². The van der Waals surface area contributed by atoms with E-state index >= 15 is 0 Å². The second-order valence-corrected chi connectivity index (χ2v) is 0.214. The molecule has 0 N–H and O–H groups in total. The second-order valence-electron chi connectivity index (χ2n) is 0.214. The quantitative estimate of drug-likeness (QED) is 0.356. The summed E-state index contributed by atoms with van der Waals surface area (Å²) in [5.41, 5.74) is 0. The van der Waals surface area contributed by atoms with Crippen molar-refractivity contribution in [3.05, 3.63) is 39.9 Å². The molecule has 0 atom stereocenters. The Morgan fingerprint density at radius 1 is 0.533 bits per heavy atom. The average Bonchev–Trinajstić information content (AvgIpc) is 2.30. The zero-order valence-electron chi connectivity index (χ0n) is 6.55. The van der Waals surface area contributed by atoms with Crippen LogP contribution in [0.3, 0.4) is 0 Å². The zero-order chi connectivity index (χ0) is 13.6. The summed E-state index contributed by atoms with van der Waals surface area (Å²) in [5, 5.41) is 0. The summed E-state index contributed by atoms with van der Waals surface area (Å²) in [6, 6.07) is 0. The minimum Gasteiger partial charge on any atom is 0 e. The zero-order valence-corrected chi connectivity index (χ0v) is 7.73. The van der Waals surface area contributed by atoms with Gasteiger partial charge in [-0.3, -0.25) is 0 Å². The van der Waals surface area contributed by atoms with Gasteiger partial charge in [-0.25, -0.2) is 0 Å². The molecule has 0 aromatic heterocycles. The van der Waals surface area contributed by atoms with Crippen LogP contribution in [0.25, 0.3) is 0 Å². The average molecular weight is 264 g/mol. The number of hydrogen-bond acceptors (Lipinski definition) is 0. The summed E-state index contributed by atoms with van der Waals surface area (Å²) in [6.45, 7) is 19.4. The predicted molar refractivity (Wildman–Crippen MR) is 26.2 cm³/mol. The molecule has 0 rings (SSSR count). The van der Waals surface area contributed by atoms with Gasteiger partial charge in [0, 0.05) is 17.1 Å². The van der Waals surface area contributed by atoms with E-state index in [0.717, 1.165) is 0 Å². The van der Waals surface area contributed by atoms with Crippen molar-refractivity contribution in [1.29, 1.82) is 0 Å². The molecule has 0 spiro atoms. The van der Waals surface area contributed by atoms with E-state index in [1.165, 1.54) is 0 Å². The van der Waals surface area contributed by atoms with Crippen LogP contribution in [0.15, 0.2) is 0 Å². The molecule has 0 aliphatic rings. The van der Waals surface area contributed by atoms with Crippen molar-refractivity contribution < 1.29 is 53.5 Å². The van der Waals surface area contributed by atoms with Gasteiger partial charge in [-0.05, 0) is 0 Å². The molecule has 83 valence electrons. The fourth-order valence-corrected chi connectivity index (χ4v) is 0. The van der Waals surface area contributed by atoms with Crippen LogP contribution >= 0.6 is 0 Å². The Bertz CT molecular complexity index is 113. The maximum absolute atomic E-state index is 9.58. The fraction of sp³-hybridized carbons (Fsp3) is 0. The Morgan fingerprint density at radius 3 is 0.533 bits per heavy atom. The second kappa shape index (κ2) is 465. The van der Waals surface area contributed by atoms with Crippen LogP contribution in [0.1, 0.15) is 0 Å². The third-order valence-electron chi connectivity index (χ3n) is 0. The van der Waals surface area contributed by atoms with Gasteiger partial charge in [0.2, 0.25) is 0 Å². The van der Waals surface area contributed by atoms with Gasteiger partial charge in [0.1, 0.15) is 0 Å². The molecule has 5 nitrogen and oxygen atoms in total. The molecule has 0 saturated carbocycles. The summed E-state index contributed by atoms with van der Waals surface area (Å²) in [6.07, 6.45) is 0. The van der Waals surface area contributed by atoms with Gasteiger partial charge >= 0.3 is 56.5 Å². The smallest absolute Gasteiger partial charge is 0 e.